The first-order valence-corrected chi connectivity index (χ1v) is 8.80. The first-order chi connectivity index (χ1) is 11.1. The second kappa shape index (κ2) is 5.53. The largest absolute Gasteiger partial charge is 0.504 e. The van der Waals surface area contributed by atoms with E-state index in [-0.39, 0.29) is 5.75 Å². The molecular formula is C19H20BrNO2. The highest BCUT2D eigenvalue weighted by Crippen LogP contribution is 2.45. The summed E-state index contributed by atoms with van der Waals surface area (Å²) >= 11 is 3.64. The number of aromatic hydroxyl groups is 1. The number of hydrogen-bond acceptors (Lipinski definition) is 3. The Balaban J connectivity index is 1.90. The van der Waals surface area contributed by atoms with Crippen molar-refractivity contribution >= 4 is 15.9 Å². The van der Waals surface area contributed by atoms with Crippen LogP contribution in [0.25, 0.3) is 0 Å². The maximum atomic E-state index is 10.3. The molecule has 1 aliphatic heterocycles. The number of nitrogens with one attached hydrogen (secondary N) is 1. The van der Waals surface area contributed by atoms with Gasteiger partial charge in [0, 0.05) is 23.0 Å². The minimum Gasteiger partial charge on any atom is -0.504 e. The Hall–Kier alpha value is -1.52. The standard InChI is InChI=1S/C19H20BrNO2/c1-10-5-13-12(6-15(10)20)9-21-16-4-3-11-7-18(23-2)17(22)8-14(11)19(13)16/h5-8,16,19,21-22H,3-4,9H2,1-2H3/t16-,19-/m0/s1. The molecule has 0 saturated heterocycles. The minimum absolute atomic E-state index is 0.229. The summed E-state index contributed by atoms with van der Waals surface area (Å²) in [6.07, 6.45) is 2.13. The molecule has 1 aliphatic carbocycles. The van der Waals surface area contributed by atoms with Crippen molar-refractivity contribution in [2.45, 2.75) is 38.3 Å². The molecule has 2 atom stereocenters. The van der Waals surface area contributed by atoms with Crippen LogP contribution in [0.2, 0.25) is 0 Å². The van der Waals surface area contributed by atoms with Crippen LogP contribution in [0.5, 0.6) is 11.5 Å². The number of phenols is 1. The van der Waals surface area contributed by atoms with E-state index in [1.54, 1.807) is 7.11 Å². The summed E-state index contributed by atoms with van der Waals surface area (Å²) in [6, 6.07) is 8.86. The van der Waals surface area contributed by atoms with Gasteiger partial charge in [-0.05, 0) is 65.8 Å². The molecule has 2 aliphatic rings. The molecule has 4 rings (SSSR count). The fraction of sp³-hybridized carbons (Fsp3) is 0.368. The molecule has 23 heavy (non-hydrogen) atoms. The number of ether oxygens (including phenoxy) is 1. The van der Waals surface area contributed by atoms with Gasteiger partial charge in [0.1, 0.15) is 0 Å². The third-order valence-corrected chi connectivity index (χ3v) is 6.07. The SMILES string of the molecule is COc1cc2c(cc1O)[C@@H]1c3cc(C)c(Br)cc3CN[C@H]1CC2. The Labute approximate surface area is 144 Å². The van der Waals surface area contributed by atoms with Gasteiger partial charge in [-0.3, -0.25) is 0 Å². The molecule has 1 heterocycles. The summed E-state index contributed by atoms with van der Waals surface area (Å²) in [5.74, 6) is 1.09. The topological polar surface area (TPSA) is 41.5 Å². The maximum absolute atomic E-state index is 10.3. The van der Waals surface area contributed by atoms with E-state index in [0.29, 0.717) is 17.7 Å². The third kappa shape index (κ3) is 2.36. The van der Waals surface area contributed by atoms with Crippen LogP contribution < -0.4 is 10.1 Å². The van der Waals surface area contributed by atoms with Crippen molar-refractivity contribution in [1.82, 2.24) is 5.32 Å². The summed E-state index contributed by atoms with van der Waals surface area (Å²) in [4.78, 5) is 0. The number of aryl methyl sites for hydroxylation is 2. The number of methoxy groups -OCH3 is 1. The summed E-state index contributed by atoms with van der Waals surface area (Å²) in [5, 5.41) is 13.9. The summed E-state index contributed by atoms with van der Waals surface area (Å²) in [6.45, 7) is 3.05. The first-order valence-electron chi connectivity index (χ1n) is 8.00. The highest BCUT2D eigenvalue weighted by molar-refractivity contribution is 9.10. The predicted molar refractivity (Wildman–Crippen MR) is 94.3 cm³/mol. The Morgan fingerprint density at radius 1 is 1.17 bits per heavy atom. The van der Waals surface area contributed by atoms with Crippen LogP contribution in [0.3, 0.4) is 0 Å². The molecule has 120 valence electrons. The van der Waals surface area contributed by atoms with E-state index >= 15 is 0 Å². The molecule has 3 nitrogen and oxygen atoms in total. The second-order valence-corrected chi connectivity index (χ2v) is 7.38. The molecule has 0 spiro atoms. The van der Waals surface area contributed by atoms with Gasteiger partial charge in [-0.1, -0.05) is 22.0 Å². The monoisotopic (exact) mass is 373 g/mol. The molecule has 2 aromatic carbocycles. The summed E-state index contributed by atoms with van der Waals surface area (Å²) in [5.41, 5.74) is 6.51. The molecule has 2 N–H and O–H groups in total. The Kier molecular flexibility index (Phi) is 3.62. The lowest BCUT2D eigenvalue weighted by Crippen LogP contribution is -2.42. The van der Waals surface area contributed by atoms with E-state index in [0.717, 1.165) is 23.9 Å². The Bertz CT molecular complexity index is 787. The van der Waals surface area contributed by atoms with Gasteiger partial charge in [0.2, 0.25) is 0 Å². The lowest BCUT2D eigenvalue weighted by Gasteiger charge is -2.40. The summed E-state index contributed by atoms with van der Waals surface area (Å²) < 4.78 is 6.44. The zero-order chi connectivity index (χ0) is 16.1. The van der Waals surface area contributed by atoms with Gasteiger partial charge in [0.25, 0.3) is 0 Å². The van der Waals surface area contributed by atoms with Crippen molar-refractivity contribution in [3.05, 3.63) is 56.6 Å². The molecule has 0 bridgehead atoms. The molecule has 0 radical (unpaired) electrons. The minimum atomic E-state index is 0.229. The van der Waals surface area contributed by atoms with E-state index in [1.165, 1.54) is 27.8 Å². The van der Waals surface area contributed by atoms with Gasteiger partial charge < -0.3 is 15.2 Å². The van der Waals surface area contributed by atoms with Crippen LogP contribution >= 0.6 is 15.9 Å². The number of rotatable bonds is 1. The highest BCUT2D eigenvalue weighted by atomic mass is 79.9. The molecule has 4 heteroatoms. The summed E-state index contributed by atoms with van der Waals surface area (Å²) in [7, 11) is 1.60. The molecule has 0 aromatic heterocycles. The van der Waals surface area contributed by atoms with Crippen molar-refractivity contribution < 1.29 is 9.84 Å². The predicted octanol–water partition coefficient (Wildman–Crippen LogP) is 4.02. The third-order valence-electron chi connectivity index (χ3n) is 5.21. The van der Waals surface area contributed by atoms with Crippen molar-refractivity contribution in [2.75, 3.05) is 7.11 Å². The number of benzene rings is 2. The second-order valence-electron chi connectivity index (χ2n) is 6.53. The number of halogens is 1. The number of phenolic OH excluding ortho intramolecular Hbond substituents is 1. The van der Waals surface area contributed by atoms with E-state index in [9.17, 15) is 5.11 Å². The molecule has 0 amide bonds. The van der Waals surface area contributed by atoms with Gasteiger partial charge in [-0.2, -0.15) is 0 Å². The zero-order valence-electron chi connectivity index (χ0n) is 13.3. The number of fused-ring (bicyclic) bond motifs is 5. The average Bonchev–Trinajstić information content (AvgIpc) is 2.55. The molecule has 0 fully saturated rings. The van der Waals surface area contributed by atoms with Crippen LogP contribution in [0.15, 0.2) is 28.7 Å². The molecule has 2 aromatic rings. The van der Waals surface area contributed by atoms with Gasteiger partial charge in [-0.15, -0.1) is 0 Å². The van der Waals surface area contributed by atoms with Gasteiger partial charge in [0.15, 0.2) is 11.5 Å². The van der Waals surface area contributed by atoms with Crippen LogP contribution in [0.4, 0.5) is 0 Å². The molecule has 0 saturated carbocycles. The van der Waals surface area contributed by atoms with Crippen LogP contribution in [0.1, 0.15) is 40.2 Å². The lowest BCUT2D eigenvalue weighted by molar-refractivity contribution is 0.364. The lowest BCUT2D eigenvalue weighted by atomic mass is 9.72. The van der Waals surface area contributed by atoms with Crippen molar-refractivity contribution in [1.29, 1.82) is 0 Å². The smallest absolute Gasteiger partial charge is 0.160 e. The van der Waals surface area contributed by atoms with E-state index in [2.05, 4.69) is 40.3 Å². The normalized spacial score (nSPS) is 22.0. The average molecular weight is 374 g/mol. The van der Waals surface area contributed by atoms with Crippen LogP contribution in [0, 0.1) is 6.92 Å². The Morgan fingerprint density at radius 3 is 2.74 bits per heavy atom. The van der Waals surface area contributed by atoms with E-state index in [1.807, 2.05) is 12.1 Å². The van der Waals surface area contributed by atoms with Gasteiger partial charge >= 0.3 is 0 Å². The highest BCUT2D eigenvalue weighted by Gasteiger charge is 2.35. The fourth-order valence-corrected chi connectivity index (χ4v) is 4.41. The van der Waals surface area contributed by atoms with E-state index in [4.69, 9.17) is 4.74 Å². The molecular weight excluding hydrogens is 354 g/mol. The van der Waals surface area contributed by atoms with Crippen LogP contribution in [-0.4, -0.2) is 18.3 Å². The Morgan fingerprint density at radius 2 is 1.96 bits per heavy atom. The number of hydrogen-bond donors (Lipinski definition) is 2. The van der Waals surface area contributed by atoms with Crippen LogP contribution in [-0.2, 0) is 13.0 Å². The maximum Gasteiger partial charge on any atom is 0.160 e. The van der Waals surface area contributed by atoms with Crippen molar-refractivity contribution in [3.8, 4) is 11.5 Å². The fourth-order valence-electron chi connectivity index (χ4n) is 4.02. The van der Waals surface area contributed by atoms with Crippen molar-refractivity contribution in [3.63, 3.8) is 0 Å². The quantitative estimate of drug-likeness (QED) is 0.792. The first kappa shape index (κ1) is 15.0. The van der Waals surface area contributed by atoms with Crippen molar-refractivity contribution in [2.24, 2.45) is 0 Å². The van der Waals surface area contributed by atoms with E-state index < -0.39 is 0 Å². The van der Waals surface area contributed by atoms with Gasteiger partial charge in [-0.25, -0.2) is 0 Å². The molecule has 0 unspecified atom stereocenters. The van der Waals surface area contributed by atoms with Gasteiger partial charge in [0.05, 0.1) is 7.11 Å². The zero-order valence-corrected chi connectivity index (χ0v) is 14.9.